The Morgan fingerprint density at radius 1 is 0.963 bits per heavy atom. The van der Waals surface area contributed by atoms with Gasteiger partial charge in [-0.1, -0.05) is 13.8 Å². The molecule has 0 saturated heterocycles. The Bertz CT molecular complexity index is 593. The molecule has 3 nitrogen and oxygen atoms in total. The first kappa shape index (κ1) is 19.7. The third-order valence-corrected chi connectivity index (χ3v) is 9.80. The Labute approximate surface area is 165 Å². The van der Waals surface area contributed by atoms with Crippen molar-refractivity contribution in [2.45, 2.75) is 104 Å². The standard InChI is InChI=1S/C24H40O3/c1-15(25)27-17-10-12-23(4)16(14-17)6-7-18-19-8-9-21(22(2,3)26)24(19,5)13-11-20(18)23/h16-21,26H,6-14H2,1-5H3/t16-,17+,18-,19+,20+,21+,23-,24+/m0/s1. The van der Waals surface area contributed by atoms with Gasteiger partial charge in [-0.3, -0.25) is 4.79 Å². The quantitative estimate of drug-likeness (QED) is 0.661. The highest BCUT2D eigenvalue weighted by molar-refractivity contribution is 5.66. The van der Waals surface area contributed by atoms with E-state index in [1.54, 1.807) is 6.92 Å². The summed E-state index contributed by atoms with van der Waals surface area (Å²) in [5.41, 5.74) is 0.185. The summed E-state index contributed by atoms with van der Waals surface area (Å²) in [6, 6.07) is 0. The minimum atomic E-state index is -0.556. The molecule has 0 aromatic carbocycles. The highest BCUT2D eigenvalue weighted by Gasteiger charge is 2.61. The molecule has 0 radical (unpaired) electrons. The Hall–Kier alpha value is -0.570. The minimum Gasteiger partial charge on any atom is -0.463 e. The molecule has 4 rings (SSSR count). The van der Waals surface area contributed by atoms with E-state index in [1.165, 1.54) is 44.9 Å². The van der Waals surface area contributed by atoms with Crippen LogP contribution in [0.2, 0.25) is 0 Å². The first-order valence-electron chi connectivity index (χ1n) is 11.5. The van der Waals surface area contributed by atoms with Crippen LogP contribution in [0.25, 0.3) is 0 Å². The van der Waals surface area contributed by atoms with Crippen LogP contribution in [0.15, 0.2) is 0 Å². The van der Waals surface area contributed by atoms with Crippen LogP contribution in [0.5, 0.6) is 0 Å². The van der Waals surface area contributed by atoms with Crippen LogP contribution in [0, 0.1) is 40.4 Å². The lowest BCUT2D eigenvalue weighted by Crippen LogP contribution is -2.55. The van der Waals surface area contributed by atoms with Gasteiger partial charge in [-0.2, -0.15) is 0 Å². The fourth-order valence-electron chi connectivity index (χ4n) is 8.72. The molecule has 0 aromatic heterocycles. The third-order valence-electron chi connectivity index (χ3n) is 9.80. The van der Waals surface area contributed by atoms with Crippen molar-refractivity contribution in [3.63, 3.8) is 0 Å². The summed E-state index contributed by atoms with van der Waals surface area (Å²) in [5.74, 6) is 3.50. The Morgan fingerprint density at radius 3 is 2.30 bits per heavy atom. The summed E-state index contributed by atoms with van der Waals surface area (Å²) >= 11 is 0. The van der Waals surface area contributed by atoms with Crippen molar-refractivity contribution in [2.75, 3.05) is 0 Å². The average Bonchev–Trinajstić information content (AvgIpc) is 2.92. The maximum Gasteiger partial charge on any atom is 0.302 e. The molecule has 0 aromatic rings. The minimum absolute atomic E-state index is 0.116. The van der Waals surface area contributed by atoms with Crippen molar-refractivity contribution in [3.8, 4) is 0 Å². The first-order valence-corrected chi connectivity index (χ1v) is 11.5. The fourth-order valence-corrected chi connectivity index (χ4v) is 8.72. The number of hydrogen-bond acceptors (Lipinski definition) is 3. The monoisotopic (exact) mass is 376 g/mol. The summed E-state index contributed by atoms with van der Waals surface area (Å²) < 4.78 is 5.59. The third kappa shape index (κ3) is 3.07. The molecule has 1 N–H and O–H groups in total. The van der Waals surface area contributed by atoms with E-state index >= 15 is 0 Å². The van der Waals surface area contributed by atoms with E-state index < -0.39 is 5.60 Å². The number of ether oxygens (including phenoxy) is 1. The van der Waals surface area contributed by atoms with E-state index in [-0.39, 0.29) is 12.1 Å². The number of carbonyl (C=O) groups is 1. The van der Waals surface area contributed by atoms with Crippen molar-refractivity contribution in [3.05, 3.63) is 0 Å². The second-order valence-corrected chi connectivity index (χ2v) is 11.5. The second kappa shape index (κ2) is 6.47. The zero-order valence-electron chi connectivity index (χ0n) is 18.1. The van der Waals surface area contributed by atoms with E-state index in [4.69, 9.17) is 4.74 Å². The van der Waals surface area contributed by atoms with Gasteiger partial charge in [-0.05, 0) is 112 Å². The Kier molecular flexibility index (Phi) is 4.73. The topological polar surface area (TPSA) is 46.5 Å². The molecule has 4 aliphatic rings. The molecule has 0 unspecified atom stereocenters. The lowest BCUT2D eigenvalue weighted by atomic mass is 9.44. The van der Waals surface area contributed by atoms with Crippen LogP contribution in [-0.4, -0.2) is 22.8 Å². The fraction of sp³-hybridized carbons (Fsp3) is 0.958. The molecule has 3 heteroatoms. The summed E-state index contributed by atoms with van der Waals surface area (Å²) in [4.78, 5) is 11.4. The molecule has 0 spiro atoms. The van der Waals surface area contributed by atoms with Crippen molar-refractivity contribution < 1.29 is 14.6 Å². The van der Waals surface area contributed by atoms with Gasteiger partial charge >= 0.3 is 5.97 Å². The molecule has 4 saturated carbocycles. The molecule has 0 amide bonds. The van der Waals surface area contributed by atoms with Crippen LogP contribution in [0.3, 0.4) is 0 Å². The van der Waals surface area contributed by atoms with Gasteiger partial charge < -0.3 is 9.84 Å². The lowest BCUT2D eigenvalue weighted by Gasteiger charge is -2.61. The molecule has 8 atom stereocenters. The normalized spacial score (nSPS) is 49.7. The van der Waals surface area contributed by atoms with Crippen LogP contribution in [0.1, 0.15) is 92.4 Å². The zero-order valence-corrected chi connectivity index (χ0v) is 18.1. The van der Waals surface area contributed by atoms with Gasteiger partial charge in [0.2, 0.25) is 0 Å². The number of rotatable bonds is 2. The molecule has 4 fully saturated rings. The van der Waals surface area contributed by atoms with Crippen molar-refractivity contribution >= 4 is 5.97 Å². The first-order chi connectivity index (χ1) is 12.6. The molecule has 0 heterocycles. The zero-order chi connectivity index (χ0) is 19.6. The molecular formula is C24H40O3. The smallest absolute Gasteiger partial charge is 0.302 e. The molecule has 0 bridgehead atoms. The summed E-state index contributed by atoms with van der Waals surface area (Å²) in [7, 11) is 0. The molecule has 4 aliphatic carbocycles. The predicted octanol–water partition coefficient (Wildman–Crippen LogP) is 5.35. The van der Waals surface area contributed by atoms with Gasteiger partial charge in [0.05, 0.1) is 5.60 Å². The number of aliphatic hydroxyl groups is 1. The highest BCUT2D eigenvalue weighted by atomic mass is 16.5. The number of esters is 1. The highest BCUT2D eigenvalue weighted by Crippen LogP contribution is 2.68. The number of carbonyl (C=O) groups excluding carboxylic acids is 1. The van der Waals surface area contributed by atoms with Crippen LogP contribution in [-0.2, 0) is 9.53 Å². The van der Waals surface area contributed by atoms with Gasteiger partial charge in [0.15, 0.2) is 0 Å². The van der Waals surface area contributed by atoms with E-state index in [0.29, 0.717) is 22.7 Å². The molecule has 0 aliphatic heterocycles. The van der Waals surface area contributed by atoms with Gasteiger partial charge in [-0.25, -0.2) is 0 Å². The van der Waals surface area contributed by atoms with Crippen LogP contribution < -0.4 is 0 Å². The van der Waals surface area contributed by atoms with E-state index in [1.807, 2.05) is 13.8 Å². The maximum absolute atomic E-state index is 11.4. The van der Waals surface area contributed by atoms with Crippen molar-refractivity contribution in [1.82, 2.24) is 0 Å². The van der Waals surface area contributed by atoms with E-state index in [2.05, 4.69) is 13.8 Å². The number of hydrogen-bond donors (Lipinski definition) is 1. The average molecular weight is 377 g/mol. The van der Waals surface area contributed by atoms with Gasteiger partial charge in [0, 0.05) is 6.92 Å². The predicted molar refractivity (Wildman–Crippen MR) is 107 cm³/mol. The Balaban J connectivity index is 1.54. The Morgan fingerprint density at radius 2 is 1.63 bits per heavy atom. The van der Waals surface area contributed by atoms with Gasteiger partial charge in [0.25, 0.3) is 0 Å². The van der Waals surface area contributed by atoms with Gasteiger partial charge in [-0.15, -0.1) is 0 Å². The van der Waals surface area contributed by atoms with Gasteiger partial charge in [0.1, 0.15) is 6.10 Å². The number of fused-ring (bicyclic) bond motifs is 5. The largest absolute Gasteiger partial charge is 0.463 e. The van der Waals surface area contributed by atoms with Crippen molar-refractivity contribution in [2.24, 2.45) is 40.4 Å². The summed E-state index contributed by atoms with van der Waals surface area (Å²) in [5, 5.41) is 10.8. The van der Waals surface area contributed by atoms with Crippen LogP contribution >= 0.6 is 0 Å². The molecule has 154 valence electrons. The van der Waals surface area contributed by atoms with Crippen molar-refractivity contribution in [1.29, 1.82) is 0 Å². The summed E-state index contributed by atoms with van der Waals surface area (Å²) in [6.07, 6.45) is 11.3. The van der Waals surface area contributed by atoms with Crippen LogP contribution in [0.4, 0.5) is 0 Å². The van der Waals surface area contributed by atoms with E-state index in [9.17, 15) is 9.90 Å². The summed E-state index contributed by atoms with van der Waals surface area (Å²) in [6.45, 7) is 10.7. The maximum atomic E-state index is 11.4. The molecular weight excluding hydrogens is 336 g/mol. The molecule has 27 heavy (non-hydrogen) atoms. The second-order valence-electron chi connectivity index (χ2n) is 11.5. The SMILES string of the molecule is CC(=O)O[C@@H]1CC[C@@]2(C)[C@@H](CC[C@@H]3[C@H]2CC[C@]2(C)[C@@H]3CC[C@@H]2C(C)(C)O)C1. The lowest BCUT2D eigenvalue weighted by molar-refractivity contribution is -0.163. The van der Waals surface area contributed by atoms with E-state index in [0.717, 1.165) is 30.6 Å².